The van der Waals surface area contributed by atoms with E-state index >= 15 is 0 Å². The first-order valence-electron chi connectivity index (χ1n) is 9.36. The number of rotatable bonds is 6. The molecule has 152 valence electrons. The highest BCUT2D eigenvalue weighted by Gasteiger charge is 2.35. The van der Waals surface area contributed by atoms with E-state index in [4.69, 9.17) is 0 Å². The molecular weight excluding hydrogens is 392 g/mol. The largest absolute Gasteiger partial charge is 0.327 e. The van der Waals surface area contributed by atoms with Crippen LogP contribution in [-0.4, -0.2) is 45.0 Å². The summed E-state index contributed by atoms with van der Waals surface area (Å²) < 4.78 is 0. The summed E-state index contributed by atoms with van der Waals surface area (Å²) >= 11 is 1.62. The van der Waals surface area contributed by atoms with Gasteiger partial charge in [-0.3, -0.25) is 19.7 Å². The minimum Gasteiger partial charge on any atom is -0.327 e. The van der Waals surface area contributed by atoms with Crippen molar-refractivity contribution in [2.45, 2.75) is 37.8 Å². The van der Waals surface area contributed by atoms with Crippen LogP contribution in [0.25, 0.3) is 0 Å². The first-order chi connectivity index (χ1) is 13.9. The standard InChI is InChI=1S/C20H22N4O4S/c1-3-29-18-9-7-15(12-21-18)22-19(25)17-5-4-10-23(17)20(26)14-6-8-16(24(27)28)13(2)11-14/h6-9,11-12,17H,3-5,10H2,1-2H3,(H,22,25). The monoisotopic (exact) mass is 414 g/mol. The van der Waals surface area contributed by atoms with Crippen LogP contribution in [0.15, 0.2) is 41.6 Å². The zero-order valence-electron chi connectivity index (χ0n) is 16.3. The number of nitro groups is 1. The fourth-order valence-electron chi connectivity index (χ4n) is 3.35. The van der Waals surface area contributed by atoms with E-state index in [1.807, 2.05) is 13.0 Å². The summed E-state index contributed by atoms with van der Waals surface area (Å²) in [5.74, 6) is 0.362. The van der Waals surface area contributed by atoms with Crippen LogP contribution in [0.3, 0.4) is 0 Å². The summed E-state index contributed by atoms with van der Waals surface area (Å²) in [7, 11) is 0. The van der Waals surface area contributed by atoms with Crippen molar-refractivity contribution in [3.8, 4) is 0 Å². The first kappa shape index (κ1) is 20.8. The lowest BCUT2D eigenvalue weighted by molar-refractivity contribution is -0.385. The van der Waals surface area contributed by atoms with Crippen LogP contribution >= 0.6 is 11.8 Å². The van der Waals surface area contributed by atoms with E-state index in [1.54, 1.807) is 30.9 Å². The Morgan fingerprint density at radius 2 is 2.14 bits per heavy atom. The number of carbonyl (C=O) groups excluding carboxylic acids is 2. The highest BCUT2D eigenvalue weighted by Crippen LogP contribution is 2.25. The topological polar surface area (TPSA) is 105 Å². The molecule has 2 amide bonds. The number of aromatic nitrogens is 1. The Morgan fingerprint density at radius 3 is 2.76 bits per heavy atom. The zero-order chi connectivity index (χ0) is 21.0. The lowest BCUT2D eigenvalue weighted by Crippen LogP contribution is -2.43. The second-order valence-corrected chi connectivity index (χ2v) is 8.01. The molecule has 2 aromatic rings. The Labute approximate surface area is 172 Å². The molecule has 1 atom stereocenters. The molecular formula is C20H22N4O4S. The van der Waals surface area contributed by atoms with Crippen LogP contribution < -0.4 is 5.32 Å². The molecule has 1 aromatic carbocycles. The number of amides is 2. The highest BCUT2D eigenvalue weighted by molar-refractivity contribution is 7.99. The number of anilines is 1. The van der Waals surface area contributed by atoms with Crippen molar-refractivity contribution in [2.75, 3.05) is 17.6 Å². The van der Waals surface area contributed by atoms with Gasteiger partial charge in [-0.25, -0.2) is 4.98 Å². The molecule has 8 nitrogen and oxygen atoms in total. The molecule has 0 saturated carbocycles. The molecule has 2 heterocycles. The van der Waals surface area contributed by atoms with Gasteiger partial charge < -0.3 is 10.2 Å². The van der Waals surface area contributed by atoms with E-state index in [9.17, 15) is 19.7 Å². The number of aryl methyl sites for hydroxylation is 1. The number of thioether (sulfide) groups is 1. The molecule has 29 heavy (non-hydrogen) atoms. The van der Waals surface area contributed by atoms with Gasteiger partial charge in [-0.2, -0.15) is 0 Å². The highest BCUT2D eigenvalue weighted by atomic mass is 32.2. The van der Waals surface area contributed by atoms with Crippen molar-refractivity contribution in [3.63, 3.8) is 0 Å². The maximum absolute atomic E-state index is 12.9. The quantitative estimate of drug-likeness (QED) is 0.439. The van der Waals surface area contributed by atoms with Crippen molar-refractivity contribution >= 4 is 35.0 Å². The van der Waals surface area contributed by atoms with Gasteiger partial charge in [0.15, 0.2) is 0 Å². The molecule has 0 bridgehead atoms. The van der Waals surface area contributed by atoms with Gasteiger partial charge in [-0.05, 0) is 49.8 Å². The van der Waals surface area contributed by atoms with Gasteiger partial charge in [0, 0.05) is 23.7 Å². The van der Waals surface area contributed by atoms with E-state index < -0.39 is 11.0 Å². The van der Waals surface area contributed by atoms with Crippen LogP contribution in [0.1, 0.15) is 35.7 Å². The van der Waals surface area contributed by atoms with Crippen molar-refractivity contribution in [3.05, 3.63) is 57.8 Å². The molecule has 0 radical (unpaired) electrons. The molecule has 0 spiro atoms. The second-order valence-electron chi connectivity index (χ2n) is 6.72. The maximum atomic E-state index is 12.9. The van der Waals surface area contributed by atoms with Crippen LogP contribution in [0.2, 0.25) is 0 Å². The maximum Gasteiger partial charge on any atom is 0.272 e. The Balaban J connectivity index is 1.71. The number of likely N-dealkylation sites (tertiary alicyclic amines) is 1. The molecule has 9 heteroatoms. The number of nitro benzene ring substituents is 1. The van der Waals surface area contributed by atoms with Gasteiger partial charge in [-0.15, -0.1) is 11.8 Å². The lowest BCUT2D eigenvalue weighted by atomic mass is 10.1. The average Bonchev–Trinajstić information content (AvgIpc) is 3.18. The van der Waals surface area contributed by atoms with Gasteiger partial charge in [0.2, 0.25) is 5.91 Å². The van der Waals surface area contributed by atoms with E-state index in [0.29, 0.717) is 29.8 Å². The van der Waals surface area contributed by atoms with Gasteiger partial charge in [-0.1, -0.05) is 6.92 Å². The van der Waals surface area contributed by atoms with Gasteiger partial charge >= 0.3 is 0 Å². The van der Waals surface area contributed by atoms with Crippen LogP contribution in [-0.2, 0) is 4.79 Å². The summed E-state index contributed by atoms with van der Waals surface area (Å²) in [6.07, 6.45) is 2.90. The van der Waals surface area contributed by atoms with Crippen molar-refractivity contribution in [2.24, 2.45) is 0 Å². The van der Waals surface area contributed by atoms with E-state index in [2.05, 4.69) is 10.3 Å². The first-order valence-corrected chi connectivity index (χ1v) is 10.3. The van der Waals surface area contributed by atoms with E-state index in [1.165, 1.54) is 23.1 Å². The van der Waals surface area contributed by atoms with Crippen molar-refractivity contribution in [1.82, 2.24) is 9.88 Å². The van der Waals surface area contributed by atoms with Gasteiger partial charge in [0.25, 0.3) is 11.6 Å². The normalized spacial score (nSPS) is 15.9. The molecule has 1 aliphatic heterocycles. The number of hydrogen-bond donors (Lipinski definition) is 1. The molecule has 1 aromatic heterocycles. The third-order valence-corrected chi connectivity index (χ3v) is 5.58. The number of hydrogen-bond acceptors (Lipinski definition) is 6. The molecule has 1 aliphatic rings. The predicted octanol–water partition coefficient (Wildman–Crippen LogP) is 3.65. The summed E-state index contributed by atoms with van der Waals surface area (Å²) in [5.41, 5.74) is 1.31. The second kappa shape index (κ2) is 9.04. The number of nitrogens with zero attached hydrogens (tertiary/aromatic N) is 3. The number of nitrogens with one attached hydrogen (secondary N) is 1. The molecule has 1 N–H and O–H groups in total. The SMILES string of the molecule is CCSc1ccc(NC(=O)C2CCCN2C(=O)c2ccc([N+](=O)[O-])c(C)c2)cn1. The van der Waals surface area contributed by atoms with E-state index in [0.717, 1.165) is 17.2 Å². The Bertz CT molecular complexity index is 933. The Kier molecular flexibility index (Phi) is 6.48. The zero-order valence-corrected chi connectivity index (χ0v) is 17.1. The fourth-order valence-corrected chi connectivity index (χ4v) is 3.94. The number of benzene rings is 1. The lowest BCUT2D eigenvalue weighted by Gasteiger charge is -2.24. The van der Waals surface area contributed by atoms with Crippen LogP contribution in [0, 0.1) is 17.0 Å². The molecule has 1 saturated heterocycles. The number of carbonyl (C=O) groups is 2. The van der Waals surface area contributed by atoms with Crippen LogP contribution in [0.4, 0.5) is 11.4 Å². The third kappa shape index (κ3) is 4.73. The number of pyridine rings is 1. The van der Waals surface area contributed by atoms with Crippen LogP contribution in [0.5, 0.6) is 0 Å². The molecule has 1 unspecified atom stereocenters. The molecule has 1 fully saturated rings. The van der Waals surface area contributed by atoms with Gasteiger partial charge in [0.05, 0.1) is 21.8 Å². The average molecular weight is 414 g/mol. The molecule has 0 aliphatic carbocycles. The third-order valence-electron chi connectivity index (χ3n) is 4.75. The fraction of sp³-hybridized carbons (Fsp3) is 0.350. The minimum atomic E-state index is -0.581. The Hall–Kier alpha value is -2.94. The molecule has 3 rings (SSSR count). The summed E-state index contributed by atoms with van der Waals surface area (Å²) in [4.78, 5) is 42.0. The summed E-state index contributed by atoms with van der Waals surface area (Å²) in [6.45, 7) is 4.11. The minimum absolute atomic E-state index is 0.0329. The smallest absolute Gasteiger partial charge is 0.272 e. The van der Waals surface area contributed by atoms with Crippen molar-refractivity contribution < 1.29 is 14.5 Å². The Morgan fingerprint density at radius 1 is 1.34 bits per heavy atom. The van der Waals surface area contributed by atoms with Gasteiger partial charge in [0.1, 0.15) is 6.04 Å². The summed E-state index contributed by atoms with van der Waals surface area (Å²) in [5, 5.41) is 14.7. The van der Waals surface area contributed by atoms with E-state index in [-0.39, 0.29) is 17.5 Å². The summed E-state index contributed by atoms with van der Waals surface area (Å²) in [6, 6.07) is 7.33. The van der Waals surface area contributed by atoms with Crippen molar-refractivity contribution in [1.29, 1.82) is 0 Å². The predicted molar refractivity (Wildman–Crippen MR) is 111 cm³/mol.